The lowest BCUT2D eigenvalue weighted by molar-refractivity contribution is -0.698. The number of rotatable bonds is 8. The number of ether oxygens (including phenoxy) is 1. The molecule has 0 saturated carbocycles. The summed E-state index contributed by atoms with van der Waals surface area (Å²) in [6.07, 6.45) is 5.72. The smallest absolute Gasteiger partial charge is 0.320 e. The third-order valence-electron chi connectivity index (χ3n) is 2.87. The predicted octanol–water partition coefficient (Wildman–Crippen LogP) is -2.94. The molecule has 0 radical (unpaired) electrons. The predicted molar refractivity (Wildman–Crippen MR) is 68.6 cm³/mol. The Hall–Kier alpha value is -1.37. The van der Waals surface area contributed by atoms with Crippen LogP contribution in [-0.2, 0) is 17.9 Å². The van der Waals surface area contributed by atoms with Gasteiger partial charge in [0.2, 0.25) is 6.20 Å². The fourth-order valence-corrected chi connectivity index (χ4v) is 1.78. The lowest BCUT2D eigenvalue weighted by atomic mass is 10.1. The maximum Gasteiger partial charge on any atom is 0.320 e. The van der Waals surface area contributed by atoms with Gasteiger partial charge >= 0.3 is 5.97 Å². The summed E-state index contributed by atoms with van der Waals surface area (Å²) in [5.41, 5.74) is 6.21. The molecule has 0 aliphatic rings. The largest absolute Gasteiger partial charge is 1.00 e. The molecule has 1 unspecified atom stereocenters. The van der Waals surface area contributed by atoms with E-state index in [-0.39, 0.29) is 19.0 Å². The Bertz CT molecular complexity index is 407. The molecule has 1 rings (SSSR count). The molecule has 6 nitrogen and oxygen atoms in total. The van der Waals surface area contributed by atoms with E-state index >= 15 is 0 Å². The summed E-state index contributed by atoms with van der Waals surface area (Å²) in [5.74, 6) is -0.273. The molecule has 1 atom stereocenters. The van der Waals surface area contributed by atoms with Crippen molar-refractivity contribution in [2.75, 3.05) is 7.11 Å². The average molecular weight is 305 g/mol. The maximum atomic E-state index is 10.6. The Balaban J connectivity index is 0.00000361. The summed E-state index contributed by atoms with van der Waals surface area (Å²) in [6, 6.07) is 0.986. The van der Waals surface area contributed by atoms with Gasteiger partial charge in [-0.15, -0.1) is 0 Å². The van der Waals surface area contributed by atoms with Crippen LogP contribution < -0.4 is 27.4 Å². The molecule has 0 saturated heterocycles. The number of unbranched alkanes of at least 4 members (excludes halogenated alkanes) is 1. The van der Waals surface area contributed by atoms with Gasteiger partial charge in [-0.25, -0.2) is 4.57 Å². The third kappa shape index (κ3) is 6.18. The molecule has 0 fully saturated rings. The average Bonchev–Trinajstić information content (AvgIpc) is 2.42. The van der Waals surface area contributed by atoms with Gasteiger partial charge in [-0.1, -0.05) is 0 Å². The first-order valence-corrected chi connectivity index (χ1v) is 6.23. The molecule has 0 bridgehead atoms. The van der Waals surface area contributed by atoms with E-state index < -0.39 is 12.0 Å². The molecule has 0 aliphatic carbocycles. The monoisotopic (exact) mass is 304 g/mol. The second-order valence-electron chi connectivity index (χ2n) is 4.42. The molecule has 1 aromatic rings. The topological polar surface area (TPSA) is 96.7 Å². The minimum atomic E-state index is -0.961. The van der Waals surface area contributed by atoms with Crippen molar-refractivity contribution in [3.05, 3.63) is 24.0 Å². The van der Waals surface area contributed by atoms with Crippen molar-refractivity contribution in [2.45, 2.75) is 38.5 Å². The number of aliphatic hydroxyl groups excluding tert-OH is 1. The summed E-state index contributed by atoms with van der Waals surface area (Å²) < 4.78 is 7.07. The van der Waals surface area contributed by atoms with E-state index in [9.17, 15) is 4.79 Å². The van der Waals surface area contributed by atoms with Crippen LogP contribution in [0.15, 0.2) is 18.5 Å². The summed E-state index contributed by atoms with van der Waals surface area (Å²) in [6.45, 7) is 0.692. The van der Waals surface area contributed by atoms with Crippen LogP contribution in [-0.4, -0.2) is 29.3 Å². The number of nitrogens with two attached hydrogens (primary N) is 1. The van der Waals surface area contributed by atoms with E-state index in [4.69, 9.17) is 20.7 Å². The Morgan fingerprint density at radius 1 is 1.45 bits per heavy atom. The molecule has 7 heteroatoms. The number of halogens is 1. The van der Waals surface area contributed by atoms with E-state index in [1.54, 1.807) is 13.2 Å². The number of hydrogen-bond donors (Lipinski definition) is 3. The van der Waals surface area contributed by atoms with Crippen molar-refractivity contribution in [2.24, 2.45) is 5.73 Å². The maximum absolute atomic E-state index is 10.6. The van der Waals surface area contributed by atoms with Gasteiger partial charge in [-0.05, 0) is 18.9 Å². The van der Waals surface area contributed by atoms with Gasteiger partial charge in [0.05, 0.1) is 13.7 Å². The van der Waals surface area contributed by atoms with Crippen molar-refractivity contribution >= 4 is 5.97 Å². The molecular weight excluding hydrogens is 284 g/mol. The van der Waals surface area contributed by atoms with Crippen LogP contribution in [0.2, 0.25) is 0 Å². The van der Waals surface area contributed by atoms with E-state index in [1.807, 2.05) is 17.0 Å². The Morgan fingerprint density at radius 2 is 2.15 bits per heavy atom. The van der Waals surface area contributed by atoms with E-state index in [1.165, 1.54) is 0 Å². The van der Waals surface area contributed by atoms with Gasteiger partial charge < -0.3 is 33.1 Å². The molecule has 0 spiro atoms. The van der Waals surface area contributed by atoms with Gasteiger partial charge in [0.1, 0.15) is 12.6 Å². The zero-order chi connectivity index (χ0) is 14.3. The summed E-state index contributed by atoms with van der Waals surface area (Å²) in [5, 5.41) is 17.8. The first-order chi connectivity index (χ1) is 9.06. The standard InChI is InChI=1S/C13H20N2O4.ClH/c1-19-11-6-10(9-16)7-15(8-11)5-3-2-4-12(14)13(17)18;/h6-8,12,16H,2-5,9,14H2,1H3;1H. The van der Waals surface area contributed by atoms with Gasteiger partial charge in [-0.3, -0.25) is 4.79 Å². The van der Waals surface area contributed by atoms with Crippen molar-refractivity contribution in [1.82, 2.24) is 0 Å². The van der Waals surface area contributed by atoms with Gasteiger partial charge in [0, 0.05) is 12.0 Å². The number of methoxy groups -OCH3 is 1. The molecule has 1 heterocycles. The Labute approximate surface area is 124 Å². The van der Waals surface area contributed by atoms with Crippen LogP contribution >= 0.6 is 0 Å². The third-order valence-corrected chi connectivity index (χ3v) is 2.87. The highest BCUT2D eigenvalue weighted by Crippen LogP contribution is 2.09. The number of aryl methyl sites for hydroxylation is 1. The second-order valence-corrected chi connectivity index (χ2v) is 4.42. The zero-order valence-electron chi connectivity index (χ0n) is 11.5. The summed E-state index contributed by atoms with van der Waals surface area (Å²) in [7, 11) is 1.58. The number of nitrogens with zero attached hydrogens (tertiary/aromatic N) is 1. The Morgan fingerprint density at radius 3 is 2.70 bits per heavy atom. The summed E-state index contributed by atoms with van der Waals surface area (Å²) >= 11 is 0. The van der Waals surface area contributed by atoms with Crippen molar-refractivity contribution in [3.63, 3.8) is 0 Å². The second kappa shape index (κ2) is 9.52. The summed E-state index contributed by atoms with van der Waals surface area (Å²) in [4.78, 5) is 10.6. The van der Waals surface area contributed by atoms with Crippen LogP contribution in [0, 0.1) is 0 Å². The number of aliphatic carboxylic acids is 1. The number of pyridine rings is 1. The van der Waals surface area contributed by atoms with Crippen LogP contribution in [0.3, 0.4) is 0 Å². The van der Waals surface area contributed by atoms with Gasteiger partial charge in [0.25, 0.3) is 0 Å². The fraction of sp³-hybridized carbons (Fsp3) is 0.538. The first kappa shape index (κ1) is 18.6. The molecule has 114 valence electrons. The van der Waals surface area contributed by atoms with Crippen molar-refractivity contribution in [3.8, 4) is 5.75 Å². The minimum absolute atomic E-state index is 0. The minimum Gasteiger partial charge on any atom is -1.00 e. The quantitative estimate of drug-likeness (QED) is 0.353. The first-order valence-electron chi connectivity index (χ1n) is 6.23. The SMILES string of the molecule is COc1cc(CO)c[n+](CCCCC(N)C(=O)O)c1.[Cl-]. The normalized spacial score (nSPS) is 11.6. The highest BCUT2D eigenvalue weighted by Gasteiger charge is 2.12. The number of carbonyl (C=O) groups is 1. The van der Waals surface area contributed by atoms with Crippen molar-refractivity contribution < 1.29 is 36.7 Å². The lowest BCUT2D eigenvalue weighted by Crippen LogP contribution is -3.00. The molecule has 1 aromatic heterocycles. The number of hydrogen-bond acceptors (Lipinski definition) is 4. The zero-order valence-corrected chi connectivity index (χ0v) is 12.2. The molecule has 0 aromatic carbocycles. The number of carboxylic acid groups (broad SMARTS) is 1. The molecule has 0 amide bonds. The highest BCUT2D eigenvalue weighted by atomic mass is 35.5. The van der Waals surface area contributed by atoms with E-state index in [0.717, 1.165) is 24.9 Å². The molecule has 0 aliphatic heterocycles. The lowest BCUT2D eigenvalue weighted by Gasteiger charge is -2.05. The van der Waals surface area contributed by atoms with Crippen molar-refractivity contribution in [1.29, 1.82) is 0 Å². The Kier molecular flexibility index (Phi) is 8.87. The van der Waals surface area contributed by atoms with Gasteiger partial charge in [0.15, 0.2) is 11.9 Å². The number of carboxylic acids is 1. The fourth-order valence-electron chi connectivity index (χ4n) is 1.78. The van der Waals surface area contributed by atoms with Crippen LogP contribution in [0.5, 0.6) is 5.75 Å². The molecule has 20 heavy (non-hydrogen) atoms. The van der Waals surface area contributed by atoms with E-state index in [2.05, 4.69) is 0 Å². The number of aromatic nitrogens is 1. The molecule has 4 N–H and O–H groups in total. The van der Waals surface area contributed by atoms with Gasteiger partial charge in [-0.2, -0.15) is 0 Å². The number of aliphatic hydroxyl groups is 1. The van der Waals surface area contributed by atoms with E-state index in [0.29, 0.717) is 12.2 Å². The van der Waals surface area contributed by atoms with Crippen LogP contribution in [0.25, 0.3) is 0 Å². The van der Waals surface area contributed by atoms with Crippen LogP contribution in [0.1, 0.15) is 24.8 Å². The molecular formula is C13H21ClN2O4. The van der Waals surface area contributed by atoms with Crippen LogP contribution in [0.4, 0.5) is 0 Å². The highest BCUT2D eigenvalue weighted by molar-refractivity contribution is 5.72.